The van der Waals surface area contributed by atoms with Crippen LogP contribution in [0.4, 0.5) is 0 Å². The van der Waals surface area contributed by atoms with Crippen molar-refractivity contribution in [1.82, 2.24) is 4.90 Å². The molecule has 2 N–H and O–H groups in total. The number of primary amides is 1. The third-order valence-corrected chi connectivity index (χ3v) is 4.57. The summed E-state index contributed by atoms with van der Waals surface area (Å²) in [7, 11) is 1.60. The van der Waals surface area contributed by atoms with Gasteiger partial charge in [-0.25, -0.2) is 0 Å². The zero-order valence-electron chi connectivity index (χ0n) is 13.8. The smallest absolute Gasteiger partial charge is 0.289 e. The van der Waals surface area contributed by atoms with Gasteiger partial charge in [0.1, 0.15) is 5.58 Å². The number of fused-ring (bicyclic) bond motifs is 1. The number of amides is 2. The Balaban J connectivity index is 1.79. The van der Waals surface area contributed by atoms with Gasteiger partial charge in [0.05, 0.1) is 6.61 Å². The standard InChI is InChI=1S/C18H22N2O4/c1-23-11-14-13-4-2-3-5-15(13)24-17(14)18(22)20-8-6-12(7-9-20)10-16(19)21/h2-5,12H,6-11H2,1H3,(H2,19,21). The number of methoxy groups -OCH3 is 1. The SMILES string of the molecule is COCc1c(C(=O)N2CCC(CC(N)=O)CC2)oc2ccccc12. The molecular formula is C18H22N2O4. The van der Waals surface area contributed by atoms with Crippen LogP contribution in [-0.4, -0.2) is 36.9 Å². The van der Waals surface area contributed by atoms with E-state index >= 15 is 0 Å². The van der Waals surface area contributed by atoms with Crippen molar-refractivity contribution in [1.29, 1.82) is 0 Å². The number of rotatable bonds is 5. The predicted octanol–water partition coefficient (Wildman–Crippen LogP) is 2.31. The lowest BCUT2D eigenvalue weighted by atomic mass is 9.93. The van der Waals surface area contributed by atoms with Crippen LogP contribution in [0.1, 0.15) is 35.4 Å². The van der Waals surface area contributed by atoms with Gasteiger partial charge in [-0.1, -0.05) is 18.2 Å². The Morgan fingerprint density at radius 3 is 2.67 bits per heavy atom. The summed E-state index contributed by atoms with van der Waals surface area (Å²) in [4.78, 5) is 25.7. The molecule has 2 heterocycles. The number of ether oxygens (including phenoxy) is 1. The van der Waals surface area contributed by atoms with E-state index in [0.29, 0.717) is 37.5 Å². The van der Waals surface area contributed by atoms with Crippen molar-refractivity contribution in [3.63, 3.8) is 0 Å². The van der Waals surface area contributed by atoms with E-state index in [9.17, 15) is 9.59 Å². The number of nitrogens with two attached hydrogens (primary N) is 1. The summed E-state index contributed by atoms with van der Waals surface area (Å²) < 4.78 is 11.1. The largest absolute Gasteiger partial charge is 0.451 e. The van der Waals surface area contributed by atoms with Gasteiger partial charge in [0.25, 0.3) is 5.91 Å². The molecule has 0 saturated carbocycles. The zero-order valence-corrected chi connectivity index (χ0v) is 13.8. The maximum Gasteiger partial charge on any atom is 0.289 e. The van der Waals surface area contributed by atoms with Crippen LogP contribution in [0.5, 0.6) is 0 Å². The lowest BCUT2D eigenvalue weighted by Gasteiger charge is -2.31. The number of para-hydroxylation sites is 1. The molecule has 24 heavy (non-hydrogen) atoms. The molecule has 1 aliphatic heterocycles. The fourth-order valence-electron chi connectivity index (χ4n) is 3.33. The zero-order chi connectivity index (χ0) is 17.1. The molecule has 1 saturated heterocycles. The van der Waals surface area contributed by atoms with Crippen molar-refractivity contribution in [3.8, 4) is 0 Å². The summed E-state index contributed by atoms with van der Waals surface area (Å²) in [5, 5.41) is 0.909. The van der Waals surface area contributed by atoms with Gasteiger partial charge in [-0.2, -0.15) is 0 Å². The average molecular weight is 330 g/mol. The van der Waals surface area contributed by atoms with Gasteiger partial charge in [-0.15, -0.1) is 0 Å². The van der Waals surface area contributed by atoms with Gasteiger partial charge >= 0.3 is 0 Å². The molecule has 0 spiro atoms. The molecule has 0 aliphatic carbocycles. The van der Waals surface area contributed by atoms with Gasteiger partial charge < -0.3 is 19.8 Å². The van der Waals surface area contributed by atoms with Gasteiger partial charge in [0, 0.05) is 37.6 Å². The molecule has 3 rings (SSSR count). The van der Waals surface area contributed by atoms with Crippen LogP contribution in [0, 0.1) is 5.92 Å². The number of carbonyl (C=O) groups excluding carboxylic acids is 2. The van der Waals surface area contributed by atoms with Crippen LogP contribution in [-0.2, 0) is 16.1 Å². The molecule has 1 aromatic heterocycles. The molecule has 0 atom stereocenters. The third-order valence-electron chi connectivity index (χ3n) is 4.57. The number of likely N-dealkylation sites (tertiary alicyclic amines) is 1. The van der Waals surface area contributed by atoms with E-state index in [4.69, 9.17) is 14.9 Å². The van der Waals surface area contributed by atoms with E-state index in [0.717, 1.165) is 23.8 Å². The van der Waals surface area contributed by atoms with Crippen molar-refractivity contribution in [3.05, 3.63) is 35.6 Å². The molecule has 0 radical (unpaired) electrons. The van der Waals surface area contributed by atoms with Gasteiger partial charge in [0.15, 0.2) is 5.76 Å². The maximum atomic E-state index is 12.9. The molecule has 6 heteroatoms. The summed E-state index contributed by atoms with van der Waals surface area (Å²) in [5.74, 6) is 0.224. The van der Waals surface area contributed by atoms with Gasteiger partial charge in [-0.3, -0.25) is 9.59 Å². The van der Waals surface area contributed by atoms with E-state index in [1.807, 2.05) is 24.3 Å². The number of carbonyl (C=O) groups is 2. The average Bonchev–Trinajstić information content (AvgIpc) is 2.94. The molecule has 0 unspecified atom stereocenters. The monoisotopic (exact) mass is 330 g/mol. The van der Waals surface area contributed by atoms with Crippen LogP contribution in [0.25, 0.3) is 11.0 Å². The van der Waals surface area contributed by atoms with Crippen LogP contribution in [0.15, 0.2) is 28.7 Å². The van der Waals surface area contributed by atoms with Gasteiger partial charge in [0.2, 0.25) is 5.91 Å². The maximum absolute atomic E-state index is 12.9. The fraction of sp³-hybridized carbons (Fsp3) is 0.444. The highest BCUT2D eigenvalue weighted by Gasteiger charge is 2.29. The molecule has 1 fully saturated rings. The van der Waals surface area contributed by atoms with E-state index in [-0.39, 0.29) is 17.7 Å². The van der Waals surface area contributed by atoms with Crippen molar-refractivity contribution < 1.29 is 18.7 Å². The number of piperidine rings is 1. The highest BCUT2D eigenvalue weighted by Crippen LogP contribution is 2.29. The summed E-state index contributed by atoms with van der Waals surface area (Å²) >= 11 is 0. The highest BCUT2D eigenvalue weighted by molar-refractivity contribution is 5.99. The van der Waals surface area contributed by atoms with Crippen LogP contribution in [0.3, 0.4) is 0 Å². The minimum atomic E-state index is -0.278. The minimum Gasteiger partial charge on any atom is -0.451 e. The number of furan rings is 1. The van der Waals surface area contributed by atoms with Gasteiger partial charge in [-0.05, 0) is 24.8 Å². The van der Waals surface area contributed by atoms with E-state index in [1.165, 1.54) is 0 Å². The predicted molar refractivity (Wildman–Crippen MR) is 89.4 cm³/mol. The van der Waals surface area contributed by atoms with Crippen molar-refractivity contribution in [2.75, 3.05) is 20.2 Å². The summed E-state index contributed by atoms with van der Waals surface area (Å²) in [5.41, 5.74) is 6.74. The Bertz CT molecular complexity index is 745. The fourth-order valence-corrected chi connectivity index (χ4v) is 3.33. The second kappa shape index (κ2) is 7.05. The van der Waals surface area contributed by atoms with Crippen LogP contribution in [0.2, 0.25) is 0 Å². The van der Waals surface area contributed by atoms with Crippen LogP contribution >= 0.6 is 0 Å². The Kier molecular flexibility index (Phi) is 4.85. The number of hydrogen-bond acceptors (Lipinski definition) is 4. The van der Waals surface area contributed by atoms with E-state index in [2.05, 4.69) is 0 Å². The Morgan fingerprint density at radius 2 is 2.00 bits per heavy atom. The summed E-state index contributed by atoms with van der Waals surface area (Å²) in [6.45, 7) is 1.55. The lowest BCUT2D eigenvalue weighted by molar-refractivity contribution is -0.119. The normalized spacial score (nSPS) is 15.8. The van der Waals surface area contributed by atoms with E-state index < -0.39 is 0 Å². The summed E-state index contributed by atoms with van der Waals surface area (Å²) in [6.07, 6.45) is 1.96. The molecular weight excluding hydrogens is 308 g/mol. The first-order valence-corrected chi connectivity index (χ1v) is 8.17. The number of benzene rings is 1. The first-order valence-electron chi connectivity index (χ1n) is 8.17. The first-order chi connectivity index (χ1) is 11.6. The molecule has 1 aromatic carbocycles. The molecule has 2 aromatic rings. The topological polar surface area (TPSA) is 85.8 Å². The number of nitrogens with zero attached hydrogens (tertiary/aromatic N) is 1. The van der Waals surface area contributed by atoms with Crippen molar-refractivity contribution in [2.45, 2.75) is 25.9 Å². The molecule has 2 amide bonds. The molecule has 0 bridgehead atoms. The number of hydrogen-bond donors (Lipinski definition) is 1. The molecule has 128 valence electrons. The van der Waals surface area contributed by atoms with Crippen LogP contribution < -0.4 is 5.73 Å². The second-order valence-corrected chi connectivity index (χ2v) is 6.24. The quantitative estimate of drug-likeness (QED) is 0.911. The first kappa shape index (κ1) is 16.5. The Labute approximate surface area is 140 Å². The molecule has 1 aliphatic rings. The van der Waals surface area contributed by atoms with Crippen molar-refractivity contribution in [2.24, 2.45) is 11.7 Å². The lowest BCUT2D eigenvalue weighted by Crippen LogP contribution is -2.39. The summed E-state index contributed by atoms with van der Waals surface area (Å²) in [6, 6.07) is 7.58. The Hall–Kier alpha value is -2.34. The third kappa shape index (κ3) is 3.28. The minimum absolute atomic E-state index is 0.115. The van der Waals surface area contributed by atoms with E-state index in [1.54, 1.807) is 12.0 Å². The second-order valence-electron chi connectivity index (χ2n) is 6.24. The molecule has 6 nitrogen and oxygen atoms in total. The van der Waals surface area contributed by atoms with Crippen molar-refractivity contribution >= 4 is 22.8 Å². The highest BCUT2D eigenvalue weighted by atomic mass is 16.5. The Morgan fingerprint density at radius 1 is 1.29 bits per heavy atom.